The number of H-pyrrole nitrogens is 1. The van der Waals surface area contributed by atoms with Gasteiger partial charge in [-0.3, -0.25) is 10.1 Å². The molecule has 23 heavy (non-hydrogen) atoms. The molecule has 0 radical (unpaired) electrons. The number of hydrogen-bond donors (Lipinski definition) is 4. The van der Waals surface area contributed by atoms with Crippen molar-refractivity contribution >= 4 is 29.2 Å². The Labute approximate surface area is 144 Å². The van der Waals surface area contributed by atoms with E-state index < -0.39 is 6.10 Å². The molecule has 1 unspecified atom stereocenters. The fraction of sp³-hybridized carbons (Fsp3) is 0.333. The van der Waals surface area contributed by atoms with Crippen LogP contribution in [0.5, 0.6) is 0 Å². The first kappa shape index (κ1) is 17.6. The number of aromatic amines is 1. The molecule has 0 saturated carbocycles. The van der Waals surface area contributed by atoms with Gasteiger partial charge in [0.25, 0.3) is 0 Å². The van der Waals surface area contributed by atoms with Crippen molar-refractivity contribution in [2.24, 2.45) is 4.99 Å². The van der Waals surface area contributed by atoms with Gasteiger partial charge in [-0.05, 0) is 30.7 Å². The van der Waals surface area contributed by atoms with Gasteiger partial charge in [0.1, 0.15) is 0 Å². The number of aryl methyl sites for hydroxylation is 1. The minimum absolute atomic E-state index is 0.278. The number of nitrogens with one attached hydrogen (secondary N) is 3. The zero-order valence-electron chi connectivity index (χ0n) is 12.9. The number of guanidine groups is 1. The quantitative estimate of drug-likeness (QED) is 0.490. The molecule has 1 atom stereocenters. The van der Waals surface area contributed by atoms with Crippen LogP contribution < -0.4 is 10.6 Å². The minimum atomic E-state index is -0.750. The number of nitrogens with zero attached hydrogens (tertiary/aromatic N) is 2. The van der Waals surface area contributed by atoms with E-state index in [-0.39, 0.29) is 6.54 Å². The van der Waals surface area contributed by atoms with Gasteiger partial charge in [0.05, 0.1) is 12.3 Å². The summed E-state index contributed by atoms with van der Waals surface area (Å²) in [7, 11) is 1.67. The van der Waals surface area contributed by atoms with Gasteiger partial charge in [-0.2, -0.15) is 5.10 Å². The first-order valence-corrected chi connectivity index (χ1v) is 7.82. The van der Waals surface area contributed by atoms with Crippen LogP contribution in [0.25, 0.3) is 0 Å². The lowest BCUT2D eigenvalue weighted by molar-refractivity contribution is 0.181. The highest BCUT2D eigenvalue weighted by Gasteiger charge is 2.10. The Morgan fingerprint density at radius 1 is 1.30 bits per heavy atom. The molecule has 2 rings (SSSR count). The van der Waals surface area contributed by atoms with E-state index in [1.807, 2.05) is 6.92 Å². The Kier molecular flexibility index (Phi) is 6.27. The molecule has 0 aliphatic rings. The largest absolute Gasteiger partial charge is 0.387 e. The molecule has 6 nitrogen and oxygen atoms in total. The van der Waals surface area contributed by atoms with Crippen LogP contribution in [-0.4, -0.2) is 34.9 Å². The molecular formula is C15H19Cl2N5O. The Morgan fingerprint density at radius 2 is 2.00 bits per heavy atom. The van der Waals surface area contributed by atoms with Crippen LogP contribution in [-0.2, 0) is 6.54 Å². The monoisotopic (exact) mass is 355 g/mol. The van der Waals surface area contributed by atoms with E-state index in [9.17, 15) is 5.11 Å². The molecular weight excluding hydrogens is 337 g/mol. The molecule has 4 N–H and O–H groups in total. The predicted molar refractivity (Wildman–Crippen MR) is 92.9 cm³/mol. The number of aliphatic hydroxyl groups is 1. The first-order valence-electron chi connectivity index (χ1n) is 7.07. The van der Waals surface area contributed by atoms with Crippen LogP contribution in [0.4, 0.5) is 0 Å². The van der Waals surface area contributed by atoms with Gasteiger partial charge < -0.3 is 15.7 Å². The number of halogens is 2. The SMILES string of the molecule is CN=C(NCc1cn[nH]c1C)NCC(O)c1cc(Cl)cc(Cl)c1. The Morgan fingerprint density at radius 3 is 2.57 bits per heavy atom. The lowest BCUT2D eigenvalue weighted by atomic mass is 10.1. The zero-order chi connectivity index (χ0) is 16.8. The summed E-state index contributed by atoms with van der Waals surface area (Å²) in [5.41, 5.74) is 2.70. The Bertz CT molecular complexity index is 666. The second kappa shape index (κ2) is 8.19. The summed E-state index contributed by atoms with van der Waals surface area (Å²) in [6, 6.07) is 5.00. The van der Waals surface area contributed by atoms with Crippen molar-refractivity contribution in [2.45, 2.75) is 19.6 Å². The highest BCUT2D eigenvalue weighted by molar-refractivity contribution is 6.34. The molecule has 0 bridgehead atoms. The van der Waals surface area contributed by atoms with E-state index >= 15 is 0 Å². The summed E-state index contributed by atoms with van der Waals surface area (Å²) < 4.78 is 0. The Balaban J connectivity index is 1.88. The van der Waals surface area contributed by atoms with Gasteiger partial charge in [0.2, 0.25) is 0 Å². The molecule has 0 aliphatic heterocycles. The fourth-order valence-electron chi connectivity index (χ4n) is 2.03. The van der Waals surface area contributed by atoms with E-state index in [1.54, 1.807) is 31.4 Å². The van der Waals surface area contributed by atoms with Gasteiger partial charge in [0, 0.05) is 41.4 Å². The van der Waals surface area contributed by atoms with Crippen molar-refractivity contribution in [2.75, 3.05) is 13.6 Å². The summed E-state index contributed by atoms with van der Waals surface area (Å²) in [6.07, 6.45) is 1.01. The molecule has 0 fully saturated rings. The van der Waals surface area contributed by atoms with Crippen LogP contribution in [0.3, 0.4) is 0 Å². The molecule has 0 amide bonds. The van der Waals surface area contributed by atoms with Crippen LogP contribution in [0.15, 0.2) is 29.4 Å². The van der Waals surface area contributed by atoms with Crippen molar-refractivity contribution in [3.05, 3.63) is 51.3 Å². The Hall–Kier alpha value is -1.76. The van der Waals surface area contributed by atoms with Crippen molar-refractivity contribution < 1.29 is 5.11 Å². The average molecular weight is 356 g/mol. The summed E-state index contributed by atoms with van der Waals surface area (Å²) in [5, 5.41) is 24.3. The first-order chi connectivity index (χ1) is 11.0. The van der Waals surface area contributed by atoms with E-state index in [0.29, 0.717) is 28.1 Å². The van der Waals surface area contributed by atoms with Crippen LogP contribution in [0.1, 0.15) is 22.9 Å². The highest BCUT2D eigenvalue weighted by Crippen LogP contribution is 2.23. The standard InChI is InChI=1S/C15H19Cl2N5O/c1-9-11(7-21-22-9)6-19-15(18-2)20-8-14(23)10-3-12(16)5-13(17)4-10/h3-5,7,14,23H,6,8H2,1-2H3,(H,21,22)(H2,18,19,20). The minimum Gasteiger partial charge on any atom is -0.387 e. The normalized spacial score (nSPS) is 13.0. The molecule has 0 aliphatic carbocycles. The van der Waals surface area contributed by atoms with Crippen LogP contribution in [0, 0.1) is 6.92 Å². The summed E-state index contributed by atoms with van der Waals surface area (Å²) in [6.45, 7) is 2.81. The summed E-state index contributed by atoms with van der Waals surface area (Å²) >= 11 is 11.9. The van der Waals surface area contributed by atoms with Gasteiger partial charge in [-0.25, -0.2) is 0 Å². The third-order valence-corrected chi connectivity index (χ3v) is 3.77. The molecule has 124 valence electrons. The molecule has 2 aromatic rings. The van der Waals surface area contributed by atoms with E-state index in [4.69, 9.17) is 23.2 Å². The zero-order valence-corrected chi connectivity index (χ0v) is 14.4. The van der Waals surface area contributed by atoms with Crippen molar-refractivity contribution in [1.29, 1.82) is 0 Å². The number of benzene rings is 1. The van der Waals surface area contributed by atoms with Crippen LogP contribution in [0.2, 0.25) is 10.0 Å². The molecule has 8 heteroatoms. The third kappa shape index (κ3) is 5.13. The lowest BCUT2D eigenvalue weighted by Crippen LogP contribution is -2.39. The lowest BCUT2D eigenvalue weighted by Gasteiger charge is -2.16. The number of aromatic nitrogens is 2. The van der Waals surface area contributed by atoms with Gasteiger partial charge in [-0.1, -0.05) is 23.2 Å². The number of hydrogen-bond acceptors (Lipinski definition) is 3. The molecule has 1 heterocycles. The number of rotatable bonds is 5. The maximum absolute atomic E-state index is 10.2. The highest BCUT2D eigenvalue weighted by atomic mass is 35.5. The fourth-order valence-corrected chi connectivity index (χ4v) is 2.58. The second-order valence-electron chi connectivity index (χ2n) is 5.05. The van der Waals surface area contributed by atoms with Gasteiger partial charge in [-0.15, -0.1) is 0 Å². The van der Waals surface area contributed by atoms with E-state index in [0.717, 1.165) is 11.3 Å². The average Bonchev–Trinajstić information content (AvgIpc) is 2.91. The second-order valence-corrected chi connectivity index (χ2v) is 5.92. The predicted octanol–water partition coefficient (Wildman–Crippen LogP) is 2.42. The number of aliphatic imine (C=N–C) groups is 1. The molecule has 1 aromatic heterocycles. The topological polar surface area (TPSA) is 85.3 Å². The third-order valence-electron chi connectivity index (χ3n) is 3.34. The van der Waals surface area contributed by atoms with Gasteiger partial charge >= 0.3 is 0 Å². The maximum atomic E-state index is 10.2. The summed E-state index contributed by atoms with van der Waals surface area (Å²) in [5.74, 6) is 0.581. The van der Waals surface area contributed by atoms with Gasteiger partial charge in [0.15, 0.2) is 5.96 Å². The maximum Gasteiger partial charge on any atom is 0.191 e. The van der Waals surface area contributed by atoms with Crippen molar-refractivity contribution in [1.82, 2.24) is 20.8 Å². The van der Waals surface area contributed by atoms with Crippen LogP contribution >= 0.6 is 23.2 Å². The van der Waals surface area contributed by atoms with E-state index in [2.05, 4.69) is 25.8 Å². The van der Waals surface area contributed by atoms with Crippen molar-refractivity contribution in [3.63, 3.8) is 0 Å². The summed E-state index contributed by atoms with van der Waals surface area (Å²) in [4.78, 5) is 4.12. The number of aliphatic hydroxyl groups excluding tert-OH is 1. The molecule has 0 spiro atoms. The van der Waals surface area contributed by atoms with Crippen molar-refractivity contribution in [3.8, 4) is 0 Å². The smallest absolute Gasteiger partial charge is 0.191 e. The molecule has 1 aromatic carbocycles. The molecule has 0 saturated heterocycles. The van der Waals surface area contributed by atoms with E-state index in [1.165, 1.54) is 0 Å².